The summed E-state index contributed by atoms with van der Waals surface area (Å²) in [6.45, 7) is 1.81. The van der Waals surface area contributed by atoms with Crippen LogP contribution in [0, 0.1) is 0 Å². The molecule has 1 saturated heterocycles. The molecule has 112 valence electrons. The lowest BCUT2D eigenvalue weighted by Crippen LogP contribution is -2.18. The Morgan fingerprint density at radius 3 is 1.79 bits per heavy atom. The second kappa shape index (κ2) is 14.6. The average molecular weight is 277 g/mol. The summed E-state index contributed by atoms with van der Waals surface area (Å²) in [6, 6.07) is 0. The Morgan fingerprint density at radius 1 is 1.11 bits per heavy atom. The third-order valence-corrected chi connectivity index (χ3v) is 1.95. The van der Waals surface area contributed by atoms with Crippen LogP contribution in [0.5, 0.6) is 0 Å². The maximum Gasteiger partial charge on any atom is 0.303 e. The molecule has 0 aromatic carbocycles. The topological polar surface area (TPSA) is 124 Å². The molecular formula is C12H23NO6. The molecule has 4 N–H and O–H groups in total. The molecule has 1 heterocycles. The Labute approximate surface area is 112 Å². The molecule has 1 rings (SSSR count). The van der Waals surface area contributed by atoms with E-state index >= 15 is 0 Å². The van der Waals surface area contributed by atoms with E-state index in [-0.39, 0.29) is 25.0 Å². The SMILES string of the molecule is CCCCCC(=O)O.O=C1CCC(=O)N1.OCCO. The number of hydrogen-bond acceptors (Lipinski definition) is 5. The zero-order chi connectivity index (χ0) is 15.1. The minimum atomic E-state index is -0.682. The summed E-state index contributed by atoms with van der Waals surface area (Å²) < 4.78 is 0. The second-order valence-corrected chi connectivity index (χ2v) is 3.77. The van der Waals surface area contributed by atoms with Crippen LogP contribution >= 0.6 is 0 Å². The van der Waals surface area contributed by atoms with Gasteiger partial charge in [-0.15, -0.1) is 0 Å². The average Bonchev–Trinajstić information content (AvgIpc) is 2.74. The Kier molecular flexibility index (Phi) is 15.3. The van der Waals surface area contributed by atoms with Crippen LogP contribution in [0.4, 0.5) is 0 Å². The Morgan fingerprint density at radius 2 is 1.58 bits per heavy atom. The molecule has 0 spiro atoms. The number of carbonyl (C=O) groups excluding carboxylic acids is 2. The van der Waals surface area contributed by atoms with Crippen molar-refractivity contribution in [1.29, 1.82) is 0 Å². The van der Waals surface area contributed by atoms with Gasteiger partial charge in [0.05, 0.1) is 13.2 Å². The molecule has 1 fully saturated rings. The van der Waals surface area contributed by atoms with Gasteiger partial charge in [0.2, 0.25) is 11.8 Å². The predicted molar refractivity (Wildman–Crippen MR) is 68.3 cm³/mol. The lowest BCUT2D eigenvalue weighted by Gasteiger charge is -1.89. The first-order valence-corrected chi connectivity index (χ1v) is 6.24. The highest BCUT2D eigenvalue weighted by Gasteiger charge is 2.15. The second-order valence-electron chi connectivity index (χ2n) is 3.77. The van der Waals surface area contributed by atoms with Gasteiger partial charge in [0.1, 0.15) is 0 Å². The number of aliphatic hydroxyl groups excluding tert-OH is 2. The predicted octanol–water partition coefficient (Wildman–Crippen LogP) is 0.0453. The minimum absolute atomic E-state index is 0.125. The van der Waals surface area contributed by atoms with Crippen molar-refractivity contribution < 1.29 is 29.7 Å². The smallest absolute Gasteiger partial charge is 0.303 e. The maximum atomic E-state index is 10.1. The summed E-state index contributed by atoms with van der Waals surface area (Å²) in [5.41, 5.74) is 0. The van der Waals surface area contributed by atoms with E-state index in [2.05, 4.69) is 12.2 Å². The van der Waals surface area contributed by atoms with Crippen LogP contribution < -0.4 is 5.32 Å². The molecule has 2 amide bonds. The van der Waals surface area contributed by atoms with E-state index in [1.165, 1.54) is 0 Å². The van der Waals surface area contributed by atoms with Crippen LogP contribution in [-0.2, 0) is 14.4 Å². The van der Waals surface area contributed by atoms with E-state index in [1.54, 1.807) is 0 Å². The van der Waals surface area contributed by atoms with E-state index in [9.17, 15) is 14.4 Å². The monoisotopic (exact) mass is 277 g/mol. The van der Waals surface area contributed by atoms with Crippen molar-refractivity contribution in [3.8, 4) is 0 Å². The molecule has 0 radical (unpaired) electrons. The molecule has 0 aliphatic carbocycles. The number of imide groups is 1. The van der Waals surface area contributed by atoms with Gasteiger partial charge in [-0.3, -0.25) is 19.7 Å². The lowest BCUT2D eigenvalue weighted by molar-refractivity contribution is -0.137. The standard InChI is InChI=1S/C6H12O2.C4H5NO2.C2H6O2/c1-2-3-4-5-6(7)8;6-3-1-2-4(7)5-3;3-1-2-4/h2-5H2,1H3,(H,7,8);1-2H2,(H,5,6,7);3-4H,1-2H2. The Hall–Kier alpha value is -1.47. The van der Waals surface area contributed by atoms with Gasteiger partial charge in [0.15, 0.2) is 0 Å². The molecule has 0 atom stereocenters. The fraction of sp³-hybridized carbons (Fsp3) is 0.750. The molecule has 0 bridgehead atoms. The van der Waals surface area contributed by atoms with Gasteiger partial charge >= 0.3 is 5.97 Å². The van der Waals surface area contributed by atoms with Gasteiger partial charge < -0.3 is 15.3 Å². The van der Waals surface area contributed by atoms with Crippen molar-refractivity contribution in [3.63, 3.8) is 0 Å². The number of nitrogens with one attached hydrogen (secondary N) is 1. The minimum Gasteiger partial charge on any atom is -0.481 e. The number of carbonyl (C=O) groups is 3. The number of unbranched alkanes of at least 4 members (excludes halogenated alkanes) is 2. The zero-order valence-corrected chi connectivity index (χ0v) is 11.2. The van der Waals surface area contributed by atoms with Crippen LogP contribution in [0.2, 0.25) is 0 Å². The summed E-state index contributed by atoms with van der Waals surface area (Å²) in [4.78, 5) is 30.1. The van der Waals surface area contributed by atoms with E-state index in [1.807, 2.05) is 0 Å². The fourth-order valence-electron chi connectivity index (χ4n) is 1.03. The lowest BCUT2D eigenvalue weighted by atomic mass is 10.2. The van der Waals surface area contributed by atoms with Gasteiger partial charge in [-0.2, -0.15) is 0 Å². The largest absolute Gasteiger partial charge is 0.481 e. The van der Waals surface area contributed by atoms with Gasteiger partial charge in [0.25, 0.3) is 0 Å². The van der Waals surface area contributed by atoms with Crippen LogP contribution in [0.3, 0.4) is 0 Å². The summed E-state index contributed by atoms with van der Waals surface area (Å²) in [5, 5.41) is 25.5. The van der Waals surface area contributed by atoms with Gasteiger partial charge in [0, 0.05) is 19.3 Å². The number of hydrogen-bond donors (Lipinski definition) is 4. The molecule has 1 aliphatic heterocycles. The highest BCUT2D eigenvalue weighted by Crippen LogP contribution is 1.97. The van der Waals surface area contributed by atoms with Gasteiger partial charge in [-0.25, -0.2) is 0 Å². The van der Waals surface area contributed by atoms with E-state index in [0.717, 1.165) is 19.3 Å². The van der Waals surface area contributed by atoms with Crippen LogP contribution in [0.25, 0.3) is 0 Å². The molecular weight excluding hydrogens is 254 g/mol. The van der Waals surface area contributed by atoms with Crippen molar-refractivity contribution in [3.05, 3.63) is 0 Å². The van der Waals surface area contributed by atoms with Crippen LogP contribution in [-0.4, -0.2) is 46.3 Å². The maximum absolute atomic E-state index is 10.1. The van der Waals surface area contributed by atoms with Gasteiger partial charge in [-0.1, -0.05) is 19.8 Å². The van der Waals surface area contributed by atoms with Crippen molar-refractivity contribution in [2.24, 2.45) is 0 Å². The number of amides is 2. The Bertz CT molecular complexity index is 251. The first kappa shape index (κ1) is 19.9. The third kappa shape index (κ3) is 19.1. The van der Waals surface area contributed by atoms with E-state index in [4.69, 9.17) is 15.3 Å². The van der Waals surface area contributed by atoms with E-state index < -0.39 is 5.97 Å². The molecule has 19 heavy (non-hydrogen) atoms. The molecule has 7 nitrogen and oxygen atoms in total. The highest BCUT2D eigenvalue weighted by molar-refractivity contribution is 6.01. The van der Waals surface area contributed by atoms with Crippen LogP contribution in [0.15, 0.2) is 0 Å². The highest BCUT2D eigenvalue weighted by atomic mass is 16.4. The van der Waals surface area contributed by atoms with Crippen molar-refractivity contribution >= 4 is 17.8 Å². The molecule has 0 aromatic heterocycles. The Balaban J connectivity index is 0. The molecule has 0 aromatic rings. The summed E-state index contributed by atoms with van der Waals surface area (Å²) in [7, 11) is 0. The first-order valence-electron chi connectivity index (χ1n) is 6.24. The summed E-state index contributed by atoms with van der Waals surface area (Å²) in [5.74, 6) is -0.978. The molecule has 7 heteroatoms. The van der Waals surface area contributed by atoms with Crippen molar-refractivity contribution in [2.45, 2.75) is 45.4 Å². The summed E-state index contributed by atoms with van der Waals surface area (Å²) in [6.07, 6.45) is 4.02. The van der Waals surface area contributed by atoms with Crippen LogP contribution in [0.1, 0.15) is 45.4 Å². The first-order chi connectivity index (χ1) is 8.97. The van der Waals surface area contributed by atoms with Crippen molar-refractivity contribution in [1.82, 2.24) is 5.32 Å². The number of aliphatic carboxylic acids is 1. The fourth-order valence-corrected chi connectivity index (χ4v) is 1.03. The van der Waals surface area contributed by atoms with Gasteiger partial charge in [-0.05, 0) is 6.42 Å². The normalized spacial score (nSPS) is 12.8. The number of carboxylic acid groups (broad SMARTS) is 1. The summed E-state index contributed by atoms with van der Waals surface area (Å²) >= 11 is 0. The number of aliphatic hydroxyl groups is 2. The van der Waals surface area contributed by atoms with Crippen molar-refractivity contribution in [2.75, 3.05) is 13.2 Å². The zero-order valence-electron chi connectivity index (χ0n) is 11.2. The third-order valence-electron chi connectivity index (χ3n) is 1.95. The van der Waals surface area contributed by atoms with E-state index in [0.29, 0.717) is 19.3 Å². The number of rotatable bonds is 5. The quantitative estimate of drug-likeness (QED) is 0.415. The molecule has 1 aliphatic rings. The molecule has 0 unspecified atom stereocenters. The number of carboxylic acids is 1. The molecule has 0 saturated carbocycles.